The van der Waals surface area contributed by atoms with E-state index < -0.39 is 6.10 Å². The molecule has 1 fully saturated rings. The second-order valence-electron chi connectivity index (χ2n) is 7.93. The van der Waals surface area contributed by atoms with Crippen LogP contribution in [0, 0.1) is 6.92 Å². The van der Waals surface area contributed by atoms with Gasteiger partial charge < -0.3 is 15.0 Å². The predicted molar refractivity (Wildman–Crippen MR) is 108 cm³/mol. The molecule has 1 saturated heterocycles. The third-order valence-electron chi connectivity index (χ3n) is 5.55. The van der Waals surface area contributed by atoms with E-state index in [1.807, 2.05) is 31.2 Å². The van der Waals surface area contributed by atoms with Crippen LogP contribution < -0.4 is 10.2 Å². The lowest BCUT2D eigenvalue weighted by Crippen LogP contribution is -2.43. The lowest BCUT2D eigenvalue weighted by molar-refractivity contribution is -0.130. The monoisotopic (exact) mass is 395 g/mol. The van der Waals surface area contributed by atoms with Crippen molar-refractivity contribution in [3.05, 3.63) is 53.6 Å². The summed E-state index contributed by atoms with van der Waals surface area (Å²) in [7, 11) is 3.48. The number of rotatable bonds is 3. The summed E-state index contributed by atoms with van der Waals surface area (Å²) in [4.78, 5) is 37.1. The highest BCUT2D eigenvalue weighted by Gasteiger charge is 2.51. The maximum absolute atomic E-state index is 12.7. The molecule has 1 spiro atoms. The van der Waals surface area contributed by atoms with Crippen LogP contribution in [0.15, 0.2) is 36.7 Å². The SMILES string of the molecule is Cc1cnc(CNC(=O)[C@H]2C[C@@]3(CO2)CN(C(=O)N(C)C)c2ccccc23)cn1. The van der Waals surface area contributed by atoms with E-state index in [9.17, 15) is 9.59 Å². The molecule has 8 nitrogen and oxygen atoms in total. The van der Waals surface area contributed by atoms with Crippen molar-refractivity contribution < 1.29 is 14.3 Å². The molecule has 2 atom stereocenters. The number of carbonyl (C=O) groups is 2. The van der Waals surface area contributed by atoms with Crippen LogP contribution in [-0.4, -0.2) is 60.2 Å². The van der Waals surface area contributed by atoms with Crippen molar-refractivity contribution in [1.82, 2.24) is 20.2 Å². The fourth-order valence-electron chi connectivity index (χ4n) is 4.04. The van der Waals surface area contributed by atoms with Gasteiger partial charge in [-0.1, -0.05) is 18.2 Å². The minimum absolute atomic E-state index is 0.0693. The molecule has 0 bridgehead atoms. The number of carbonyl (C=O) groups excluding carboxylic acids is 2. The maximum Gasteiger partial charge on any atom is 0.323 e. The molecule has 152 valence electrons. The summed E-state index contributed by atoms with van der Waals surface area (Å²) in [5.74, 6) is -0.167. The van der Waals surface area contributed by atoms with Crippen LogP contribution in [0.2, 0.25) is 0 Å². The van der Waals surface area contributed by atoms with Crippen LogP contribution in [0.4, 0.5) is 10.5 Å². The highest BCUT2D eigenvalue weighted by atomic mass is 16.5. The largest absolute Gasteiger partial charge is 0.367 e. The number of aryl methyl sites for hydroxylation is 1. The molecule has 0 aliphatic carbocycles. The van der Waals surface area contributed by atoms with E-state index in [4.69, 9.17) is 4.74 Å². The first kappa shape index (κ1) is 19.3. The molecule has 1 aromatic carbocycles. The van der Waals surface area contributed by atoms with Gasteiger partial charge in [0.05, 0.1) is 30.7 Å². The van der Waals surface area contributed by atoms with Crippen molar-refractivity contribution >= 4 is 17.6 Å². The predicted octanol–water partition coefficient (Wildman–Crippen LogP) is 1.63. The van der Waals surface area contributed by atoms with Crippen LogP contribution in [0.5, 0.6) is 0 Å². The second-order valence-corrected chi connectivity index (χ2v) is 7.93. The fourth-order valence-corrected chi connectivity index (χ4v) is 4.04. The Hall–Kier alpha value is -3.00. The summed E-state index contributed by atoms with van der Waals surface area (Å²) in [6.45, 7) is 3.09. The standard InChI is InChI=1S/C21H25N5O3/c1-14-9-23-15(10-22-14)11-24-19(27)18-8-21(13-29-18)12-26(20(28)25(2)3)17-7-5-4-6-16(17)21/h4-7,9-10,18H,8,11-13H2,1-3H3,(H,24,27)/t18-,21+/m1/s1. The van der Waals surface area contributed by atoms with Gasteiger partial charge in [-0.3, -0.25) is 19.7 Å². The van der Waals surface area contributed by atoms with Gasteiger partial charge in [0.1, 0.15) is 6.10 Å². The van der Waals surface area contributed by atoms with E-state index in [-0.39, 0.29) is 17.4 Å². The molecule has 0 radical (unpaired) electrons. The lowest BCUT2D eigenvalue weighted by Gasteiger charge is -2.25. The Morgan fingerprint density at radius 1 is 1.28 bits per heavy atom. The second kappa shape index (κ2) is 7.44. The van der Waals surface area contributed by atoms with Gasteiger partial charge in [0, 0.05) is 37.9 Å². The summed E-state index contributed by atoms with van der Waals surface area (Å²) < 4.78 is 5.91. The molecule has 4 rings (SSSR count). The third-order valence-corrected chi connectivity index (χ3v) is 5.55. The zero-order valence-corrected chi connectivity index (χ0v) is 16.9. The molecule has 29 heavy (non-hydrogen) atoms. The van der Waals surface area contributed by atoms with Crippen LogP contribution in [-0.2, 0) is 21.5 Å². The minimum Gasteiger partial charge on any atom is -0.367 e. The molecule has 3 amide bonds. The third kappa shape index (κ3) is 3.55. The zero-order valence-electron chi connectivity index (χ0n) is 16.9. The van der Waals surface area contributed by atoms with Gasteiger partial charge in [-0.2, -0.15) is 0 Å². The van der Waals surface area contributed by atoms with Crippen molar-refractivity contribution in [2.45, 2.75) is 31.4 Å². The highest BCUT2D eigenvalue weighted by molar-refractivity contribution is 5.95. The molecule has 2 aliphatic heterocycles. The Bertz CT molecular complexity index is 930. The maximum atomic E-state index is 12.7. The van der Waals surface area contributed by atoms with Gasteiger partial charge in [-0.25, -0.2) is 4.79 Å². The molecular formula is C21H25N5O3. The molecule has 2 aliphatic rings. The van der Waals surface area contributed by atoms with Gasteiger partial charge in [-0.15, -0.1) is 0 Å². The first-order chi connectivity index (χ1) is 13.9. The molecule has 1 aromatic heterocycles. The molecule has 1 N–H and O–H groups in total. The molecule has 0 saturated carbocycles. The summed E-state index contributed by atoms with van der Waals surface area (Å²) in [5.41, 5.74) is 3.12. The Balaban J connectivity index is 1.47. The summed E-state index contributed by atoms with van der Waals surface area (Å²) >= 11 is 0. The smallest absolute Gasteiger partial charge is 0.323 e. The zero-order chi connectivity index (χ0) is 20.6. The topological polar surface area (TPSA) is 87.7 Å². The number of para-hydroxylation sites is 1. The van der Waals surface area contributed by atoms with Crippen LogP contribution >= 0.6 is 0 Å². The highest BCUT2D eigenvalue weighted by Crippen LogP contribution is 2.47. The lowest BCUT2D eigenvalue weighted by atomic mass is 9.80. The number of anilines is 1. The van der Waals surface area contributed by atoms with Crippen LogP contribution in [0.25, 0.3) is 0 Å². The quantitative estimate of drug-likeness (QED) is 0.854. The van der Waals surface area contributed by atoms with Crippen molar-refractivity contribution in [1.29, 1.82) is 0 Å². The van der Waals surface area contributed by atoms with Crippen molar-refractivity contribution in [2.24, 2.45) is 0 Å². The molecule has 3 heterocycles. The average molecular weight is 395 g/mol. The van der Waals surface area contributed by atoms with Gasteiger partial charge in [-0.05, 0) is 25.0 Å². The summed E-state index contributed by atoms with van der Waals surface area (Å²) in [6.07, 6.45) is 3.31. The first-order valence-corrected chi connectivity index (χ1v) is 9.65. The average Bonchev–Trinajstić information content (AvgIpc) is 3.29. The van der Waals surface area contributed by atoms with Crippen LogP contribution in [0.3, 0.4) is 0 Å². The summed E-state index contributed by atoms with van der Waals surface area (Å²) in [6, 6.07) is 7.81. The van der Waals surface area contributed by atoms with E-state index >= 15 is 0 Å². The minimum atomic E-state index is -0.559. The van der Waals surface area contributed by atoms with E-state index in [0.29, 0.717) is 31.8 Å². The van der Waals surface area contributed by atoms with Crippen LogP contribution in [0.1, 0.15) is 23.4 Å². The Morgan fingerprint density at radius 3 is 2.79 bits per heavy atom. The number of nitrogens with zero attached hydrogens (tertiary/aromatic N) is 4. The number of urea groups is 1. The summed E-state index contributed by atoms with van der Waals surface area (Å²) in [5, 5.41) is 2.89. The van der Waals surface area contributed by atoms with E-state index in [2.05, 4.69) is 15.3 Å². The van der Waals surface area contributed by atoms with E-state index in [1.165, 1.54) is 0 Å². The molecule has 8 heteroatoms. The van der Waals surface area contributed by atoms with Gasteiger partial charge in [0.2, 0.25) is 5.91 Å². The number of hydrogen-bond acceptors (Lipinski definition) is 5. The Kier molecular flexibility index (Phi) is 4.96. The number of nitrogens with one attached hydrogen (secondary N) is 1. The number of amides is 3. The first-order valence-electron chi connectivity index (χ1n) is 9.65. The van der Waals surface area contributed by atoms with Crippen molar-refractivity contribution in [2.75, 3.05) is 32.1 Å². The number of benzene rings is 1. The van der Waals surface area contributed by atoms with E-state index in [0.717, 1.165) is 16.9 Å². The Labute approximate surface area is 169 Å². The number of hydrogen-bond donors (Lipinski definition) is 1. The van der Waals surface area contributed by atoms with Crippen molar-refractivity contribution in [3.63, 3.8) is 0 Å². The fraction of sp³-hybridized carbons (Fsp3) is 0.429. The van der Waals surface area contributed by atoms with Crippen molar-refractivity contribution in [3.8, 4) is 0 Å². The number of fused-ring (bicyclic) bond motifs is 2. The number of ether oxygens (including phenoxy) is 1. The van der Waals surface area contributed by atoms with Gasteiger partial charge in [0.15, 0.2) is 0 Å². The Morgan fingerprint density at radius 2 is 2.07 bits per heavy atom. The normalized spacial score (nSPS) is 22.6. The van der Waals surface area contributed by atoms with Gasteiger partial charge >= 0.3 is 6.03 Å². The van der Waals surface area contributed by atoms with Gasteiger partial charge in [0.25, 0.3) is 0 Å². The molecule has 2 aromatic rings. The molecule has 0 unspecified atom stereocenters. The number of aromatic nitrogens is 2. The molecular weight excluding hydrogens is 370 g/mol. The van der Waals surface area contributed by atoms with E-state index in [1.54, 1.807) is 36.3 Å².